The van der Waals surface area contributed by atoms with Crippen molar-refractivity contribution < 1.29 is 29.3 Å². The highest BCUT2D eigenvalue weighted by Gasteiger charge is 2.33. The van der Waals surface area contributed by atoms with E-state index in [0.717, 1.165) is 6.07 Å². The molecule has 0 radical (unpaired) electrons. The number of carbonyl (C=O) groups is 3. The molecule has 10 nitrogen and oxygen atoms in total. The minimum Gasteiger partial charge on any atom is -0.478 e. The lowest BCUT2D eigenvalue weighted by atomic mass is 9.82. The van der Waals surface area contributed by atoms with Crippen LogP contribution >= 0.6 is 15.9 Å². The van der Waals surface area contributed by atoms with E-state index in [-0.39, 0.29) is 22.7 Å². The summed E-state index contributed by atoms with van der Waals surface area (Å²) < 4.78 is 6.44. The zero-order chi connectivity index (χ0) is 32.7. The summed E-state index contributed by atoms with van der Waals surface area (Å²) >= 11 is 3.68. The van der Waals surface area contributed by atoms with Gasteiger partial charge in [-0.15, -0.1) is 0 Å². The van der Waals surface area contributed by atoms with Crippen molar-refractivity contribution in [2.24, 2.45) is 0 Å². The number of benzene rings is 4. The molecule has 1 heterocycles. The molecule has 46 heavy (non-hydrogen) atoms. The van der Waals surface area contributed by atoms with Gasteiger partial charge in [-0.05, 0) is 83.9 Å². The van der Waals surface area contributed by atoms with Gasteiger partial charge >= 0.3 is 11.9 Å². The molecular formula is C35H25BrN4O6. The fourth-order valence-corrected chi connectivity index (χ4v) is 6.18. The molecule has 5 aromatic rings. The maximum atomic E-state index is 14.1. The van der Waals surface area contributed by atoms with Crippen LogP contribution in [0.3, 0.4) is 0 Å². The highest BCUT2D eigenvalue weighted by molar-refractivity contribution is 9.10. The molecule has 0 bridgehead atoms. The van der Waals surface area contributed by atoms with Gasteiger partial charge in [-0.3, -0.25) is 4.79 Å². The van der Waals surface area contributed by atoms with Gasteiger partial charge in [0.15, 0.2) is 5.78 Å². The number of nitrogens with zero attached hydrogens (tertiary/aromatic N) is 3. The number of ether oxygens (including phenoxy) is 1. The third-order valence-electron chi connectivity index (χ3n) is 7.78. The van der Waals surface area contributed by atoms with Crippen LogP contribution in [-0.2, 0) is 0 Å². The number of halogens is 1. The fraction of sp³-hybridized carbons (Fsp3) is 0.114. The molecule has 228 valence electrons. The smallest absolute Gasteiger partial charge is 0.335 e. The van der Waals surface area contributed by atoms with Crippen molar-refractivity contribution in [2.75, 3.05) is 23.3 Å². The summed E-state index contributed by atoms with van der Waals surface area (Å²) in [5.41, 5.74) is 3.94. The Morgan fingerprint density at radius 1 is 0.913 bits per heavy atom. The second-order valence-electron chi connectivity index (χ2n) is 10.4. The number of aromatic carboxylic acids is 2. The molecule has 3 N–H and O–H groups in total. The Kier molecular flexibility index (Phi) is 7.90. The third kappa shape index (κ3) is 5.18. The monoisotopic (exact) mass is 676 g/mol. The van der Waals surface area contributed by atoms with Gasteiger partial charge in [-0.1, -0.05) is 24.3 Å². The highest BCUT2D eigenvalue weighted by atomic mass is 79.9. The largest absolute Gasteiger partial charge is 0.478 e. The minimum absolute atomic E-state index is 0.0601. The number of carbonyl (C=O) groups excluding carboxylic acids is 1. The van der Waals surface area contributed by atoms with Crippen LogP contribution in [-0.4, -0.2) is 46.0 Å². The number of carboxylic acids is 2. The Bertz CT molecular complexity index is 2100. The maximum absolute atomic E-state index is 14.1. The molecule has 4 aromatic carbocycles. The topological polar surface area (TPSA) is 133 Å². The van der Waals surface area contributed by atoms with Crippen molar-refractivity contribution in [3.05, 3.63) is 111 Å². The van der Waals surface area contributed by atoms with Crippen LogP contribution in [0, 0.1) is 6.57 Å². The van der Waals surface area contributed by atoms with Gasteiger partial charge < -0.3 is 25.2 Å². The van der Waals surface area contributed by atoms with E-state index in [2.05, 4.69) is 26.1 Å². The first-order valence-corrected chi connectivity index (χ1v) is 15.1. The lowest BCUT2D eigenvalue weighted by Gasteiger charge is -2.28. The molecule has 1 aliphatic carbocycles. The molecule has 1 aromatic heterocycles. The summed E-state index contributed by atoms with van der Waals surface area (Å²) in [5.74, 6) is -1.77. The molecule has 0 atom stereocenters. The van der Waals surface area contributed by atoms with Crippen molar-refractivity contribution in [3.8, 4) is 22.6 Å². The van der Waals surface area contributed by atoms with E-state index in [4.69, 9.17) is 16.3 Å². The lowest BCUT2D eigenvalue weighted by molar-refractivity contribution is 0.0696. The Morgan fingerprint density at radius 3 is 2.13 bits per heavy atom. The molecule has 11 heteroatoms. The van der Waals surface area contributed by atoms with Crippen molar-refractivity contribution in [1.82, 2.24) is 4.98 Å². The maximum Gasteiger partial charge on any atom is 0.335 e. The average molecular weight is 678 g/mol. The molecule has 0 fully saturated rings. The first-order valence-electron chi connectivity index (χ1n) is 14.3. The van der Waals surface area contributed by atoms with E-state index in [1.165, 1.54) is 12.1 Å². The van der Waals surface area contributed by atoms with Gasteiger partial charge in [-0.25, -0.2) is 19.4 Å². The number of fused-ring (bicyclic) bond motifs is 2. The van der Waals surface area contributed by atoms with Crippen LogP contribution in [0.5, 0.6) is 11.5 Å². The molecule has 0 aliphatic heterocycles. The third-order valence-corrected chi connectivity index (χ3v) is 8.39. The number of anilines is 3. The number of pyridine rings is 1. The number of nitrogens with one attached hydrogen (secondary N) is 1. The number of aromatic nitrogens is 1. The van der Waals surface area contributed by atoms with Gasteiger partial charge in [-0.2, -0.15) is 0 Å². The lowest BCUT2D eigenvalue weighted by Crippen LogP contribution is -2.24. The first-order chi connectivity index (χ1) is 22.1. The quantitative estimate of drug-likeness (QED) is 0.129. The summed E-state index contributed by atoms with van der Waals surface area (Å²) in [6.45, 7) is 13.5. The van der Waals surface area contributed by atoms with Gasteiger partial charge in [0.2, 0.25) is 5.69 Å². The summed E-state index contributed by atoms with van der Waals surface area (Å²) in [5, 5.41) is 22.7. The number of hydrogen-bond donors (Lipinski definition) is 3. The Hall–Kier alpha value is -5.73. The van der Waals surface area contributed by atoms with Gasteiger partial charge in [0.05, 0.1) is 34.5 Å². The van der Waals surface area contributed by atoms with Crippen molar-refractivity contribution in [2.45, 2.75) is 13.8 Å². The van der Waals surface area contributed by atoms with Crippen LogP contribution in [0.1, 0.15) is 50.5 Å². The summed E-state index contributed by atoms with van der Waals surface area (Å²) in [7, 11) is 0. The number of ketones is 1. The number of rotatable bonds is 9. The van der Waals surface area contributed by atoms with E-state index in [0.29, 0.717) is 79.3 Å². The summed E-state index contributed by atoms with van der Waals surface area (Å²) in [6, 6.07) is 19.4. The molecule has 0 saturated heterocycles. The minimum atomic E-state index is -1.28. The summed E-state index contributed by atoms with van der Waals surface area (Å²) in [6.07, 6.45) is 0. The van der Waals surface area contributed by atoms with Crippen LogP contribution in [0.4, 0.5) is 22.9 Å². The van der Waals surface area contributed by atoms with Crippen molar-refractivity contribution in [1.29, 1.82) is 0 Å². The van der Waals surface area contributed by atoms with Gasteiger partial charge in [0.1, 0.15) is 17.3 Å². The summed E-state index contributed by atoms with van der Waals surface area (Å²) in [4.78, 5) is 47.9. The normalized spacial score (nSPS) is 11.5. The second kappa shape index (κ2) is 12.0. The fourth-order valence-electron chi connectivity index (χ4n) is 5.66. The first kappa shape index (κ1) is 30.3. The molecule has 0 unspecified atom stereocenters. The average Bonchev–Trinajstić information content (AvgIpc) is 3.05. The van der Waals surface area contributed by atoms with Crippen LogP contribution in [0.2, 0.25) is 0 Å². The SMILES string of the molecule is [C-]#[N+]c1c(N(CC)CC)nc2c(Br)cc(Nc3ccc(Oc4cc(C(=O)O)cc(C(=O)O)c4)cc3)c3c2c1-c1ccccc1C3=O. The molecule has 1 aliphatic rings. The van der Waals surface area contributed by atoms with Crippen molar-refractivity contribution in [3.63, 3.8) is 0 Å². The zero-order valence-electron chi connectivity index (χ0n) is 24.6. The van der Waals surface area contributed by atoms with Crippen molar-refractivity contribution >= 4 is 67.4 Å². The Balaban J connectivity index is 1.44. The molecule has 0 spiro atoms. The highest BCUT2D eigenvalue weighted by Crippen LogP contribution is 2.51. The second-order valence-corrected chi connectivity index (χ2v) is 11.3. The standard InChI is InChI=1S/C35H25BrN4O6/c1-4-40(5-2)33-31(37-3)27-23-8-6-7-9-24(23)32(41)28-26(17-25(36)30(39-33)29(27)28)38-20-10-12-21(13-11-20)46-22-15-18(34(42)43)14-19(16-22)35(44)45/h6-17,38H,4-5H2,1-2H3,(H,42,43)(H,44,45). The van der Waals surface area contributed by atoms with E-state index in [9.17, 15) is 24.6 Å². The van der Waals surface area contributed by atoms with Crippen LogP contribution in [0.15, 0.2) is 77.3 Å². The molecule has 0 amide bonds. The van der Waals surface area contributed by atoms with Gasteiger partial charge in [0.25, 0.3) is 0 Å². The molecule has 6 rings (SSSR count). The van der Waals surface area contributed by atoms with Crippen LogP contribution in [0.25, 0.3) is 26.9 Å². The number of hydrogen-bond acceptors (Lipinski definition) is 7. The number of carboxylic acid groups (broad SMARTS) is 2. The Morgan fingerprint density at radius 2 is 1.54 bits per heavy atom. The zero-order valence-corrected chi connectivity index (χ0v) is 26.2. The predicted molar refractivity (Wildman–Crippen MR) is 178 cm³/mol. The van der Waals surface area contributed by atoms with E-state index >= 15 is 0 Å². The van der Waals surface area contributed by atoms with E-state index < -0.39 is 11.9 Å². The van der Waals surface area contributed by atoms with E-state index in [1.54, 1.807) is 42.5 Å². The predicted octanol–water partition coefficient (Wildman–Crippen LogP) is 8.54. The molecular weight excluding hydrogens is 652 g/mol. The van der Waals surface area contributed by atoms with Crippen LogP contribution < -0.4 is 15.0 Å². The van der Waals surface area contributed by atoms with Gasteiger partial charge in [0, 0.05) is 39.8 Å². The van der Waals surface area contributed by atoms with E-state index in [1.807, 2.05) is 30.9 Å². The Labute approximate surface area is 271 Å². The molecule has 0 saturated carbocycles.